The quantitative estimate of drug-likeness (QED) is 0.596. The fourth-order valence-corrected chi connectivity index (χ4v) is 2.67. The van der Waals surface area contributed by atoms with Crippen molar-refractivity contribution < 1.29 is 8.81 Å². The monoisotopic (exact) mass is 307 g/mol. The van der Waals surface area contributed by atoms with Crippen LogP contribution >= 0.6 is 0 Å². The van der Waals surface area contributed by atoms with Gasteiger partial charge in [-0.05, 0) is 36.8 Å². The average Bonchev–Trinajstić information content (AvgIpc) is 2.95. The lowest BCUT2D eigenvalue weighted by molar-refractivity contribution is 0.626. The molecular weight excluding hydrogens is 293 g/mol. The van der Waals surface area contributed by atoms with Gasteiger partial charge in [-0.3, -0.25) is 0 Å². The minimum Gasteiger partial charge on any atom is -0.450 e. The van der Waals surface area contributed by atoms with Crippen LogP contribution < -0.4 is 5.32 Å². The van der Waals surface area contributed by atoms with Crippen LogP contribution in [-0.4, -0.2) is 9.97 Å². The topological polar surface area (TPSA) is 51.0 Å². The highest BCUT2D eigenvalue weighted by Crippen LogP contribution is 2.31. The molecule has 0 amide bonds. The van der Waals surface area contributed by atoms with Crippen molar-refractivity contribution in [3.05, 3.63) is 66.2 Å². The molecule has 0 saturated heterocycles. The summed E-state index contributed by atoms with van der Waals surface area (Å²) in [5.74, 6) is 0.380. The molecular formula is C18H14FN3O. The Bertz CT molecular complexity index is 979. The molecule has 0 fully saturated rings. The van der Waals surface area contributed by atoms with Crippen molar-refractivity contribution in [1.29, 1.82) is 0 Å². The summed E-state index contributed by atoms with van der Waals surface area (Å²) in [6.45, 7) is 1.99. The van der Waals surface area contributed by atoms with Crippen LogP contribution in [0.1, 0.15) is 18.5 Å². The Morgan fingerprint density at radius 3 is 2.65 bits per heavy atom. The van der Waals surface area contributed by atoms with E-state index in [1.807, 2.05) is 31.2 Å². The van der Waals surface area contributed by atoms with Crippen molar-refractivity contribution >= 4 is 27.9 Å². The van der Waals surface area contributed by atoms with Crippen LogP contribution in [0.5, 0.6) is 0 Å². The van der Waals surface area contributed by atoms with Gasteiger partial charge < -0.3 is 9.73 Å². The van der Waals surface area contributed by atoms with Gasteiger partial charge in [0, 0.05) is 5.39 Å². The summed E-state index contributed by atoms with van der Waals surface area (Å²) in [4.78, 5) is 8.62. The van der Waals surface area contributed by atoms with Crippen molar-refractivity contribution in [3.8, 4) is 0 Å². The molecule has 0 saturated carbocycles. The summed E-state index contributed by atoms with van der Waals surface area (Å²) in [5.41, 5.74) is 3.15. The van der Waals surface area contributed by atoms with Crippen molar-refractivity contribution in [3.63, 3.8) is 0 Å². The van der Waals surface area contributed by atoms with E-state index in [-0.39, 0.29) is 11.9 Å². The summed E-state index contributed by atoms with van der Waals surface area (Å²) < 4.78 is 18.9. The van der Waals surface area contributed by atoms with Gasteiger partial charge in [-0.15, -0.1) is 0 Å². The highest BCUT2D eigenvalue weighted by molar-refractivity contribution is 6.05. The Labute approximate surface area is 132 Å². The molecule has 0 aliphatic heterocycles. The third-order valence-electron chi connectivity index (χ3n) is 3.88. The van der Waals surface area contributed by atoms with Crippen molar-refractivity contribution in [2.24, 2.45) is 0 Å². The highest BCUT2D eigenvalue weighted by Gasteiger charge is 2.15. The van der Waals surface area contributed by atoms with Gasteiger partial charge >= 0.3 is 0 Å². The van der Waals surface area contributed by atoms with E-state index in [0.717, 1.165) is 22.0 Å². The largest absolute Gasteiger partial charge is 0.450 e. The van der Waals surface area contributed by atoms with Crippen LogP contribution in [0.15, 0.2) is 59.3 Å². The number of nitrogens with zero attached hydrogens (tertiary/aromatic N) is 2. The minimum absolute atomic E-state index is 0.0399. The number of rotatable bonds is 3. The van der Waals surface area contributed by atoms with E-state index in [4.69, 9.17) is 4.42 Å². The third-order valence-corrected chi connectivity index (χ3v) is 3.88. The average molecular weight is 307 g/mol. The second-order valence-electron chi connectivity index (χ2n) is 5.42. The number of halogens is 1. The summed E-state index contributed by atoms with van der Waals surface area (Å²) in [6, 6.07) is 14.1. The predicted octanol–water partition coefficient (Wildman–Crippen LogP) is 4.69. The van der Waals surface area contributed by atoms with Crippen LogP contribution in [0.3, 0.4) is 0 Å². The van der Waals surface area contributed by atoms with E-state index in [1.165, 1.54) is 18.5 Å². The molecule has 23 heavy (non-hydrogen) atoms. The zero-order valence-electron chi connectivity index (χ0n) is 12.5. The van der Waals surface area contributed by atoms with Gasteiger partial charge in [-0.1, -0.05) is 24.3 Å². The summed E-state index contributed by atoms with van der Waals surface area (Å²) in [7, 11) is 0. The maximum atomic E-state index is 13.0. The van der Waals surface area contributed by atoms with Gasteiger partial charge in [0.15, 0.2) is 11.4 Å². The molecule has 2 heterocycles. The molecule has 4 rings (SSSR count). The summed E-state index contributed by atoms with van der Waals surface area (Å²) in [6.07, 6.45) is 1.52. The number of anilines is 1. The number of benzene rings is 2. The molecule has 2 aromatic carbocycles. The first-order valence-electron chi connectivity index (χ1n) is 7.36. The van der Waals surface area contributed by atoms with Gasteiger partial charge in [0.25, 0.3) is 0 Å². The second kappa shape index (κ2) is 5.35. The lowest BCUT2D eigenvalue weighted by Gasteiger charge is -2.14. The molecule has 0 aliphatic rings. The Balaban J connectivity index is 1.75. The van der Waals surface area contributed by atoms with Crippen LogP contribution in [0.2, 0.25) is 0 Å². The van der Waals surface area contributed by atoms with Crippen LogP contribution in [0, 0.1) is 5.82 Å². The molecule has 0 radical (unpaired) electrons. The summed E-state index contributed by atoms with van der Waals surface area (Å²) in [5, 5.41) is 4.27. The number of furan rings is 1. The van der Waals surface area contributed by atoms with E-state index >= 15 is 0 Å². The van der Waals surface area contributed by atoms with Crippen molar-refractivity contribution in [1.82, 2.24) is 9.97 Å². The first-order valence-corrected chi connectivity index (χ1v) is 7.36. The molecule has 4 nitrogen and oxygen atoms in total. The maximum absolute atomic E-state index is 13.0. The predicted molar refractivity (Wildman–Crippen MR) is 87.7 cm³/mol. The Hall–Kier alpha value is -2.95. The van der Waals surface area contributed by atoms with Gasteiger partial charge in [-0.2, -0.15) is 0 Å². The van der Waals surface area contributed by atoms with Gasteiger partial charge in [-0.25, -0.2) is 14.4 Å². The van der Waals surface area contributed by atoms with E-state index in [1.54, 1.807) is 12.1 Å². The van der Waals surface area contributed by atoms with Gasteiger partial charge in [0.1, 0.15) is 23.2 Å². The van der Waals surface area contributed by atoms with Gasteiger partial charge in [0.2, 0.25) is 0 Å². The number of para-hydroxylation sites is 1. The molecule has 114 valence electrons. The fraction of sp³-hybridized carbons (Fsp3) is 0.111. The minimum atomic E-state index is -0.248. The molecule has 4 aromatic rings. The zero-order valence-corrected chi connectivity index (χ0v) is 12.5. The molecule has 1 unspecified atom stereocenters. The van der Waals surface area contributed by atoms with Gasteiger partial charge in [0.05, 0.1) is 6.04 Å². The number of hydrogen-bond donors (Lipinski definition) is 1. The molecule has 2 aromatic heterocycles. The standard InChI is InChI=1S/C18H14FN3O/c1-11(12-6-8-13(19)9-7-12)22-18-17-16(20-10-21-18)14-4-2-3-5-15(14)23-17/h2-11H,1H3,(H,20,21,22). The molecule has 5 heteroatoms. The normalized spacial score (nSPS) is 12.6. The molecule has 1 N–H and O–H groups in total. The Morgan fingerprint density at radius 2 is 1.83 bits per heavy atom. The van der Waals surface area contributed by atoms with Crippen LogP contribution in [-0.2, 0) is 0 Å². The molecule has 0 bridgehead atoms. The van der Waals surface area contributed by atoms with E-state index in [9.17, 15) is 4.39 Å². The smallest absolute Gasteiger partial charge is 0.196 e. The lowest BCUT2D eigenvalue weighted by atomic mass is 10.1. The zero-order chi connectivity index (χ0) is 15.8. The SMILES string of the molecule is CC(Nc1ncnc2c1oc1ccccc12)c1ccc(F)cc1. The number of fused-ring (bicyclic) bond motifs is 3. The van der Waals surface area contributed by atoms with Crippen LogP contribution in [0.4, 0.5) is 10.2 Å². The number of nitrogens with one attached hydrogen (secondary N) is 1. The Kier molecular flexibility index (Phi) is 3.19. The van der Waals surface area contributed by atoms with Crippen molar-refractivity contribution in [2.45, 2.75) is 13.0 Å². The first-order chi connectivity index (χ1) is 11.2. The van der Waals surface area contributed by atoms with E-state index < -0.39 is 0 Å². The fourth-order valence-electron chi connectivity index (χ4n) is 2.67. The lowest BCUT2D eigenvalue weighted by Crippen LogP contribution is -2.08. The highest BCUT2D eigenvalue weighted by atomic mass is 19.1. The first kappa shape index (κ1) is 13.7. The number of hydrogen-bond acceptors (Lipinski definition) is 4. The molecule has 0 aliphatic carbocycles. The molecule has 0 spiro atoms. The maximum Gasteiger partial charge on any atom is 0.196 e. The van der Waals surface area contributed by atoms with Crippen LogP contribution in [0.25, 0.3) is 22.1 Å². The third kappa shape index (κ3) is 2.40. The Morgan fingerprint density at radius 1 is 1.04 bits per heavy atom. The second-order valence-corrected chi connectivity index (χ2v) is 5.42. The van der Waals surface area contributed by atoms with Crippen molar-refractivity contribution in [2.75, 3.05) is 5.32 Å². The number of aromatic nitrogens is 2. The summed E-state index contributed by atoms with van der Waals surface area (Å²) >= 11 is 0. The molecule has 1 atom stereocenters. The van der Waals surface area contributed by atoms with E-state index in [0.29, 0.717) is 11.4 Å². The van der Waals surface area contributed by atoms with E-state index in [2.05, 4.69) is 15.3 Å².